The summed E-state index contributed by atoms with van der Waals surface area (Å²) in [5.41, 5.74) is 6.76. The molecule has 1 fully saturated rings. The molecule has 1 saturated heterocycles. The van der Waals surface area contributed by atoms with Crippen LogP contribution in [0.15, 0.2) is 24.3 Å². The number of primary amides is 1. The Morgan fingerprint density at radius 3 is 2.60 bits per heavy atom. The quantitative estimate of drug-likeness (QED) is 0.888. The van der Waals surface area contributed by atoms with E-state index in [9.17, 15) is 9.59 Å². The number of nitriles is 1. The number of hydrogen-bond acceptors (Lipinski definition) is 3. The summed E-state index contributed by atoms with van der Waals surface area (Å²) in [5.74, 6) is -0.518. The number of hydrogen-bond donors (Lipinski definition) is 1. The van der Waals surface area contributed by atoms with Gasteiger partial charge in [0.1, 0.15) is 6.04 Å². The van der Waals surface area contributed by atoms with E-state index in [0.717, 1.165) is 18.4 Å². The molecule has 0 bridgehead atoms. The molecule has 0 aromatic heterocycles. The van der Waals surface area contributed by atoms with E-state index in [1.807, 2.05) is 6.07 Å². The summed E-state index contributed by atoms with van der Waals surface area (Å²) >= 11 is 0. The molecule has 0 aliphatic carbocycles. The maximum Gasteiger partial charge on any atom is 0.240 e. The van der Waals surface area contributed by atoms with Crippen molar-refractivity contribution in [1.82, 2.24) is 4.90 Å². The van der Waals surface area contributed by atoms with Gasteiger partial charge >= 0.3 is 0 Å². The van der Waals surface area contributed by atoms with Crippen molar-refractivity contribution in [2.45, 2.75) is 31.7 Å². The molecule has 1 aliphatic rings. The molecule has 5 nitrogen and oxygen atoms in total. The van der Waals surface area contributed by atoms with Gasteiger partial charge in [-0.15, -0.1) is 0 Å². The van der Waals surface area contributed by atoms with Crippen LogP contribution >= 0.6 is 0 Å². The van der Waals surface area contributed by atoms with Crippen molar-refractivity contribution in [2.75, 3.05) is 6.54 Å². The number of carbonyl (C=O) groups is 2. The Morgan fingerprint density at radius 2 is 2.00 bits per heavy atom. The summed E-state index contributed by atoms with van der Waals surface area (Å²) in [6.45, 7) is 0.586. The molecule has 104 valence electrons. The molecule has 5 heteroatoms. The summed E-state index contributed by atoms with van der Waals surface area (Å²) in [5, 5.41) is 8.73. The van der Waals surface area contributed by atoms with Crippen LogP contribution in [-0.4, -0.2) is 29.3 Å². The van der Waals surface area contributed by atoms with E-state index in [4.69, 9.17) is 11.0 Å². The van der Waals surface area contributed by atoms with Crippen molar-refractivity contribution < 1.29 is 9.59 Å². The number of carbonyl (C=O) groups excluding carboxylic acids is 2. The minimum absolute atomic E-state index is 0.0850. The van der Waals surface area contributed by atoms with Crippen LogP contribution in [0, 0.1) is 11.3 Å². The number of benzene rings is 1. The summed E-state index contributed by atoms with van der Waals surface area (Å²) in [6.07, 6.45) is 2.71. The van der Waals surface area contributed by atoms with Crippen molar-refractivity contribution in [1.29, 1.82) is 5.26 Å². The number of amides is 2. The molecule has 1 heterocycles. The highest BCUT2D eigenvalue weighted by Gasteiger charge is 2.30. The Morgan fingerprint density at radius 1 is 1.30 bits per heavy atom. The molecule has 20 heavy (non-hydrogen) atoms. The van der Waals surface area contributed by atoms with Gasteiger partial charge in [-0.25, -0.2) is 0 Å². The minimum atomic E-state index is -0.477. The van der Waals surface area contributed by atoms with Crippen molar-refractivity contribution >= 4 is 11.8 Å². The lowest BCUT2D eigenvalue weighted by atomic mass is 10.00. The van der Waals surface area contributed by atoms with Crippen LogP contribution in [-0.2, 0) is 16.0 Å². The Hall–Kier alpha value is -2.35. The summed E-state index contributed by atoms with van der Waals surface area (Å²) < 4.78 is 0. The second-order valence-electron chi connectivity index (χ2n) is 4.99. The van der Waals surface area contributed by atoms with Crippen LogP contribution in [0.4, 0.5) is 0 Å². The highest BCUT2D eigenvalue weighted by molar-refractivity contribution is 5.87. The van der Waals surface area contributed by atoms with Crippen LogP contribution in [0.5, 0.6) is 0 Å². The van der Waals surface area contributed by atoms with Crippen LogP contribution < -0.4 is 5.73 Å². The van der Waals surface area contributed by atoms with Crippen molar-refractivity contribution in [3.05, 3.63) is 35.4 Å². The minimum Gasteiger partial charge on any atom is -0.368 e. The highest BCUT2D eigenvalue weighted by atomic mass is 16.2. The van der Waals surface area contributed by atoms with E-state index in [2.05, 4.69) is 0 Å². The van der Waals surface area contributed by atoms with E-state index in [1.54, 1.807) is 29.2 Å². The fraction of sp³-hybridized carbons (Fsp3) is 0.400. The van der Waals surface area contributed by atoms with Gasteiger partial charge in [0.05, 0.1) is 18.1 Å². The van der Waals surface area contributed by atoms with Gasteiger partial charge in [0.15, 0.2) is 0 Å². The Bertz CT molecular complexity index is 545. The lowest BCUT2D eigenvalue weighted by Gasteiger charge is -2.33. The molecular weight excluding hydrogens is 254 g/mol. The zero-order valence-electron chi connectivity index (χ0n) is 11.2. The fourth-order valence-corrected chi connectivity index (χ4v) is 2.50. The number of rotatable bonds is 3. The molecule has 2 amide bonds. The topological polar surface area (TPSA) is 87.2 Å². The number of nitrogens with two attached hydrogens (primary N) is 1. The Kier molecular flexibility index (Phi) is 4.36. The standard InChI is InChI=1S/C15H17N3O2/c16-10-12-6-4-11(5-7-12)9-14(19)18-8-2-1-3-13(18)15(17)20/h4-7,13H,1-3,8-9H2,(H2,17,20). The second kappa shape index (κ2) is 6.20. The van der Waals surface area contributed by atoms with Gasteiger partial charge in [-0.3, -0.25) is 9.59 Å². The first-order chi connectivity index (χ1) is 9.61. The van der Waals surface area contributed by atoms with E-state index >= 15 is 0 Å². The predicted octanol–water partition coefficient (Wildman–Crippen LogP) is 0.967. The lowest BCUT2D eigenvalue weighted by molar-refractivity contribution is -0.140. The molecule has 0 saturated carbocycles. The van der Waals surface area contributed by atoms with E-state index in [1.165, 1.54) is 0 Å². The molecule has 1 aromatic rings. The van der Waals surface area contributed by atoms with Crippen molar-refractivity contribution in [3.8, 4) is 6.07 Å². The van der Waals surface area contributed by atoms with Gasteiger partial charge in [0, 0.05) is 6.54 Å². The second-order valence-corrected chi connectivity index (χ2v) is 4.99. The SMILES string of the molecule is N#Cc1ccc(CC(=O)N2CCCCC2C(N)=O)cc1. The Balaban J connectivity index is 2.06. The van der Waals surface area contributed by atoms with Crippen LogP contribution in [0.1, 0.15) is 30.4 Å². The molecule has 1 atom stereocenters. The fourth-order valence-electron chi connectivity index (χ4n) is 2.50. The summed E-state index contributed by atoms with van der Waals surface area (Å²) in [6, 6.07) is 8.46. The van der Waals surface area contributed by atoms with E-state index in [-0.39, 0.29) is 12.3 Å². The lowest BCUT2D eigenvalue weighted by Crippen LogP contribution is -2.50. The van der Waals surface area contributed by atoms with Crippen molar-refractivity contribution in [3.63, 3.8) is 0 Å². The largest absolute Gasteiger partial charge is 0.368 e. The maximum atomic E-state index is 12.3. The first-order valence-corrected chi connectivity index (χ1v) is 6.69. The van der Waals surface area contributed by atoms with Gasteiger partial charge in [0.25, 0.3) is 0 Å². The van der Waals surface area contributed by atoms with Crippen LogP contribution in [0.25, 0.3) is 0 Å². The molecular formula is C15H17N3O2. The predicted molar refractivity (Wildman–Crippen MR) is 73.4 cm³/mol. The first-order valence-electron chi connectivity index (χ1n) is 6.69. The normalized spacial score (nSPS) is 18.4. The number of likely N-dealkylation sites (tertiary alicyclic amines) is 1. The van der Waals surface area contributed by atoms with Crippen LogP contribution in [0.2, 0.25) is 0 Å². The maximum absolute atomic E-state index is 12.3. The average molecular weight is 271 g/mol. The molecule has 1 aliphatic heterocycles. The monoisotopic (exact) mass is 271 g/mol. The zero-order chi connectivity index (χ0) is 14.5. The summed E-state index contributed by atoms with van der Waals surface area (Å²) in [7, 11) is 0. The number of nitrogens with zero attached hydrogens (tertiary/aromatic N) is 2. The van der Waals surface area contributed by atoms with Gasteiger partial charge in [-0.05, 0) is 37.0 Å². The third kappa shape index (κ3) is 3.15. The van der Waals surface area contributed by atoms with Gasteiger partial charge in [-0.1, -0.05) is 12.1 Å². The molecule has 2 rings (SSSR count). The van der Waals surface area contributed by atoms with Crippen LogP contribution in [0.3, 0.4) is 0 Å². The van der Waals surface area contributed by atoms with Crippen molar-refractivity contribution in [2.24, 2.45) is 5.73 Å². The molecule has 1 aromatic carbocycles. The van der Waals surface area contributed by atoms with Gasteiger partial charge in [-0.2, -0.15) is 5.26 Å². The first kappa shape index (κ1) is 14.1. The van der Waals surface area contributed by atoms with E-state index in [0.29, 0.717) is 18.5 Å². The van der Waals surface area contributed by atoms with Gasteiger partial charge < -0.3 is 10.6 Å². The Labute approximate surface area is 118 Å². The van der Waals surface area contributed by atoms with E-state index < -0.39 is 11.9 Å². The zero-order valence-corrected chi connectivity index (χ0v) is 11.2. The average Bonchev–Trinajstić information content (AvgIpc) is 2.48. The molecule has 1 unspecified atom stereocenters. The van der Waals surface area contributed by atoms with Gasteiger partial charge in [0.2, 0.25) is 11.8 Å². The summed E-state index contributed by atoms with van der Waals surface area (Å²) in [4.78, 5) is 25.3. The highest BCUT2D eigenvalue weighted by Crippen LogP contribution is 2.18. The smallest absolute Gasteiger partial charge is 0.240 e. The molecule has 0 spiro atoms. The molecule has 2 N–H and O–H groups in total. The number of piperidine rings is 1. The molecule has 0 radical (unpaired) electrons. The third-order valence-electron chi connectivity index (χ3n) is 3.59. The third-order valence-corrected chi connectivity index (χ3v) is 3.59.